The van der Waals surface area contributed by atoms with E-state index in [2.05, 4.69) is 4.90 Å². The molecule has 0 unspecified atom stereocenters. The van der Waals surface area contributed by atoms with E-state index in [4.69, 9.17) is 4.42 Å². The number of thioether (sulfide) groups is 1. The van der Waals surface area contributed by atoms with Crippen LogP contribution in [0, 0.1) is 3.77 Å². The van der Waals surface area contributed by atoms with Gasteiger partial charge >= 0.3 is 0 Å². The number of anilines is 1. The third kappa shape index (κ3) is 4.50. The molecule has 0 N–H and O–H groups in total. The van der Waals surface area contributed by atoms with Crippen molar-refractivity contribution in [2.45, 2.75) is 0 Å². The highest BCUT2D eigenvalue weighted by molar-refractivity contribution is 14.1. The van der Waals surface area contributed by atoms with Crippen LogP contribution in [0.3, 0.4) is 0 Å². The van der Waals surface area contributed by atoms with E-state index in [-0.39, 0.29) is 17.4 Å². The minimum Gasteiger partial charge on any atom is -0.451 e. The average molecular weight is 523 g/mol. The minimum absolute atomic E-state index is 0.214. The minimum atomic E-state index is -0.456. The van der Waals surface area contributed by atoms with Gasteiger partial charge in [-0.15, -0.1) is 0 Å². The van der Waals surface area contributed by atoms with Crippen molar-refractivity contribution in [2.24, 2.45) is 0 Å². The molecule has 2 aliphatic rings. The van der Waals surface area contributed by atoms with Gasteiger partial charge in [-0.1, -0.05) is 18.2 Å². The van der Waals surface area contributed by atoms with Crippen LogP contribution in [0.2, 0.25) is 0 Å². The summed E-state index contributed by atoms with van der Waals surface area (Å²) in [7, 11) is 0. The van der Waals surface area contributed by atoms with Crippen molar-refractivity contribution in [3.63, 3.8) is 0 Å². The number of nitrogens with zero attached hydrogens (tertiary/aromatic N) is 3. The van der Waals surface area contributed by atoms with Crippen molar-refractivity contribution in [1.29, 1.82) is 0 Å². The van der Waals surface area contributed by atoms with E-state index in [9.17, 15) is 14.4 Å². The number of hydrogen-bond acceptors (Lipinski definition) is 6. The van der Waals surface area contributed by atoms with Gasteiger partial charge in [-0.25, -0.2) is 0 Å². The lowest BCUT2D eigenvalue weighted by Crippen LogP contribution is -2.51. The highest BCUT2D eigenvalue weighted by Crippen LogP contribution is 2.32. The van der Waals surface area contributed by atoms with Gasteiger partial charge in [0.15, 0.2) is 3.77 Å². The highest BCUT2D eigenvalue weighted by Gasteiger charge is 2.37. The summed E-state index contributed by atoms with van der Waals surface area (Å²) in [5.41, 5.74) is 1.13. The summed E-state index contributed by atoms with van der Waals surface area (Å²) in [6.07, 6.45) is 1.54. The fourth-order valence-corrected chi connectivity index (χ4v) is 4.51. The number of hydrogen-bond donors (Lipinski definition) is 0. The van der Waals surface area contributed by atoms with E-state index in [1.807, 2.05) is 52.9 Å². The van der Waals surface area contributed by atoms with Crippen LogP contribution in [0.5, 0.6) is 0 Å². The van der Waals surface area contributed by atoms with Gasteiger partial charge in [0.05, 0.1) is 4.91 Å². The van der Waals surface area contributed by atoms with E-state index in [1.165, 1.54) is 6.08 Å². The van der Waals surface area contributed by atoms with Crippen LogP contribution in [0.15, 0.2) is 51.8 Å². The Morgan fingerprint density at radius 1 is 1.07 bits per heavy atom. The quantitative estimate of drug-likeness (QED) is 0.453. The van der Waals surface area contributed by atoms with Crippen LogP contribution in [0.1, 0.15) is 5.76 Å². The van der Waals surface area contributed by atoms with Gasteiger partial charge in [-0.05, 0) is 58.6 Å². The Morgan fingerprint density at radius 2 is 1.79 bits per heavy atom. The van der Waals surface area contributed by atoms with Gasteiger partial charge < -0.3 is 14.2 Å². The third-order valence-electron chi connectivity index (χ3n) is 4.79. The first-order chi connectivity index (χ1) is 14.0. The Kier molecular flexibility index (Phi) is 5.95. The Hall–Kier alpha value is -2.27. The number of rotatable bonds is 4. The molecule has 1 aromatic heterocycles. The average Bonchev–Trinajstić information content (AvgIpc) is 3.26. The zero-order chi connectivity index (χ0) is 20.4. The van der Waals surface area contributed by atoms with E-state index in [0.29, 0.717) is 35.7 Å². The van der Waals surface area contributed by atoms with Gasteiger partial charge in [0, 0.05) is 37.9 Å². The molecule has 0 bridgehead atoms. The molecule has 1 aromatic carbocycles. The molecule has 2 fully saturated rings. The molecule has 0 radical (unpaired) electrons. The van der Waals surface area contributed by atoms with Crippen molar-refractivity contribution >= 4 is 63.2 Å². The lowest BCUT2D eigenvalue weighted by molar-refractivity contribution is -0.136. The summed E-state index contributed by atoms with van der Waals surface area (Å²) in [5, 5.41) is -0.432. The number of furan rings is 1. The van der Waals surface area contributed by atoms with Crippen LogP contribution in [-0.4, -0.2) is 59.6 Å². The Morgan fingerprint density at radius 3 is 2.45 bits per heavy atom. The Labute approximate surface area is 185 Å². The van der Waals surface area contributed by atoms with Gasteiger partial charge in [0.2, 0.25) is 5.91 Å². The molecular formula is C20H18IN3O4S. The van der Waals surface area contributed by atoms with Crippen LogP contribution in [0.25, 0.3) is 6.08 Å². The first kappa shape index (κ1) is 20.0. The molecule has 4 rings (SSSR count). The van der Waals surface area contributed by atoms with Crippen LogP contribution >= 0.6 is 34.4 Å². The molecule has 150 valence electrons. The fourth-order valence-electron chi connectivity index (χ4n) is 3.26. The fraction of sp³-hybridized carbons (Fsp3) is 0.250. The van der Waals surface area contributed by atoms with Crippen molar-refractivity contribution in [3.8, 4) is 0 Å². The van der Waals surface area contributed by atoms with Gasteiger partial charge in [0.25, 0.3) is 11.1 Å². The third-order valence-corrected chi connectivity index (χ3v) is 6.28. The van der Waals surface area contributed by atoms with Crippen molar-refractivity contribution in [2.75, 3.05) is 37.6 Å². The maximum absolute atomic E-state index is 12.7. The number of carbonyl (C=O) groups is 3. The van der Waals surface area contributed by atoms with Crippen LogP contribution < -0.4 is 4.90 Å². The van der Waals surface area contributed by atoms with Crippen molar-refractivity contribution in [1.82, 2.24) is 9.80 Å². The van der Waals surface area contributed by atoms with Gasteiger partial charge in [0.1, 0.15) is 12.3 Å². The second kappa shape index (κ2) is 8.62. The summed E-state index contributed by atoms with van der Waals surface area (Å²) in [6, 6.07) is 13.5. The molecule has 9 heteroatoms. The molecule has 0 atom stereocenters. The second-order valence-electron chi connectivity index (χ2n) is 6.61. The molecule has 2 saturated heterocycles. The number of halogens is 1. The van der Waals surface area contributed by atoms with E-state index in [1.54, 1.807) is 17.0 Å². The molecule has 3 heterocycles. The number of carbonyl (C=O) groups excluding carboxylic acids is 3. The summed E-state index contributed by atoms with van der Waals surface area (Å²) >= 11 is 2.86. The predicted octanol–water partition coefficient (Wildman–Crippen LogP) is 3.27. The molecule has 2 aromatic rings. The SMILES string of the molecule is O=C(CN1C(=O)S/C(=C\c2ccc(I)o2)C1=O)N1CCN(c2ccccc2)CC1. The number of piperazine rings is 1. The number of imide groups is 1. The molecule has 7 nitrogen and oxygen atoms in total. The standard InChI is InChI=1S/C20H18IN3O4S/c21-17-7-6-15(28-17)12-16-19(26)24(20(27)29-16)13-18(25)23-10-8-22(9-11-23)14-4-2-1-3-5-14/h1-7,12H,8-11,13H2/b16-12-. The lowest BCUT2D eigenvalue weighted by atomic mass is 10.2. The predicted molar refractivity (Wildman–Crippen MR) is 119 cm³/mol. The van der Waals surface area contributed by atoms with Crippen LogP contribution in [0.4, 0.5) is 10.5 Å². The second-order valence-corrected chi connectivity index (χ2v) is 8.67. The molecule has 0 aliphatic carbocycles. The Bertz CT molecular complexity index is 967. The smallest absolute Gasteiger partial charge is 0.294 e. The summed E-state index contributed by atoms with van der Waals surface area (Å²) in [4.78, 5) is 42.7. The summed E-state index contributed by atoms with van der Waals surface area (Å²) in [5.74, 6) is -0.167. The normalized spacial score (nSPS) is 18.8. The molecule has 2 aliphatic heterocycles. The van der Waals surface area contributed by atoms with E-state index in [0.717, 1.165) is 22.3 Å². The van der Waals surface area contributed by atoms with E-state index >= 15 is 0 Å². The van der Waals surface area contributed by atoms with Crippen LogP contribution in [-0.2, 0) is 9.59 Å². The molecule has 0 spiro atoms. The van der Waals surface area contributed by atoms with Gasteiger partial charge in [-0.3, -0.25) is 19.3 Å². The lowest BCUT2D eigenvalue weighted by Gasteiger charge is -2.36. The first-order valence-corrected chi connectivity index (χ1v) is 11.0. The highest BCUT2D eigenvalue weighted by atomic mass is 127. The zero-order valence-corrected chi connectivity index (χ0v) is 18.4. The first-order valence-electron chi connectivity index (χ1n) is 9.10. The maximum Gasteiger partial charge on any atom is 0.294 e. The van der Waals surface area contributed by atoms with Gasteiger partial charge in [-0.2, -0.15) is 0 Å². The Balaban J connectivity index is 1.35. The number of amides is 3. The topological polar surface area (TPSA) is 74.1 Å². The molecular weight excluding hydrogens is 505 g/mol. The summed E-state index contributed by atoms with van der Waals surface area (Å²) in [6.45, 7) is 2.32. The monoisotopic (exact) mass is 523 g/mol. The number of para-hydroxylation sites is 1. The maximum atomic E-state index is 12.7. The zero-order valence-electron chi connectivity index (χ0n) is 15.4. The molecule has 3 amide bonds. The van der Waals surface area contributed by atoms with Crippen molar-refractivity contribution in [3.05, 3.63) is 56.9 Å². The molecule has 0 saturated carbocycles. The van der Waals surface area contributed by atoms with E-state index < -0.39 is 11.1 Å². The molecule has 29 heavy (non-hydrogen) atoms. The number of benzene rings is 1. The largest absolute Gasteiger partial charge is 0.451 e. The van der Waals surface area contributed by atoms with Crippen molar-refractivity contribution < 1.29 is 18.8 Å². The summed E-state index contributed by atoms with van der Waals surface area (Å²) < 4.78 is 6.11.